The van der Waals surface area contributed by atoms with E-state index in [9.17, 15) is 14.4 Å². The van der Waals surface area contributed by atoms with Crippen molar-refractivity contribution in [1.29, 1.82) is 0 Å². The molecule has 2 amide bonds. The van der Waals surface area contributed by atoms with E-state index in [0.29, 0.717) is 42.6 Å². The van der Waals surface area contributed by atoms with Crippen LogP contribution in [0.5, 0.6) is 0 Å². The fourth-order valence-corrected chi connectivity index (χ4v) is 5.94. The third-order valence-electron chi connectivity index (χ3n) is 7.87. The fourth-order valence-electron chi connectivity index (χ4n) is 5.82. The average molecular weight is 551 g/mol. The highest BCUT2D eigenvalue weighted by atomic mass is 35.5. The minimum absolute atomic E-state index is 0.0257. The molecule has 3 fully saturated rings. The Morgan fingerprint density at radius 1 is 1.03 bits per heavy atom. The molecule has 0 bridgehead atoms. The van der Waals surface area contributed by atoms with Crippen LogP contribution in [0.1, 0.15) is 66.9 Å². The number of hydrogen-bond donors (Lipinski definition) is 0. The minimum atomic E-state index is -0.277. The fraction of sp³-hybridized carbons (Fsp3) is 0.452. The number of likely N-dealkylation sites (tertiary alicyclic amines) is 1. The third-order valence-corrected chi connectivity index (χ3v) is 8.12. The first-order chi connectivity index (χ1) is 18.9. The van der Waals surface area contributed by atoms with Crippen LogP contribution in [-0.4, -0.2) is 59.4 Å². The summed E-state index contributed by atoms with van der Waals surface area (Å²) >= 11 is 6.06. The molecular weight excluding hydrogens is 516 g/mol. The van der Waals surface area contributed by atoms with Crippen molar-refractivity contribution >= 4 is 35.5 Å². The molecule has 3 aliphatic rings. The lowest BCUT2D eigenvalue weighted by molar-refractivity contribution is -0.150. The number of benzene rings is 2. The van der Waals surface area contributed by atoms with E-state index in [1.54, 1.807) is 30.0 Å². The zero-order valence-electron chi connectivity index (χ0n) is 22.3. The van der Waals surface area contributed by atoms with Crippen LogP contribution >= 0.6 is 11.6 Å². The van der Waals surface area contributed by atoms with Gasteiger partial charge in [-0.2, -0.15) is 0 Å². The number of hydrogen-bond acceptors (Lipinski definition) is 5. The largest absolute Gasteiger partial charge is 0.482 e. The van der Waals surface area contributed by atoms with Crippen LogP contribution in [0.2, 0.25) is 5.02 Å². The van der Waals surface area contributed by atoms with Crippen LogP contribution in [-0.2, 0) is 25.6 Å². The Balaban J connectivity index is 1.30. The maximum atomic E-state index is 13.6. The molecule has 1 saturated carbocycles. The molecular formula is C31H35ClN2O5. The number of rotatable bonds is 6. The van der Waals surface area contributed by atoms with Gasteiger partial charge in [-0.25, -0.2) is 0 Å². The zero-order chi connectivity index (χ0) is 27.4. The molecule has 3 atom stereocenters. The SMILES string of the molecule is CCOC(=O)C1CCCN(C(=O)c2ccc(/C=C3/OC4CCCCC4N(Cc4ccc(Cl)cc4)C3=O)cc2)C1. The molecule has 2 saturated heterocycles. The van der Waals surface area contributed by atoms with E-state index in [1.165, 1.54) is 0 Å². The number of piperidine rings is 1. The predicted octanol–water partition coefficient (Wildman–Crippen LogP) is 5.47. The second-order valence-electron chi connectivity index (χ2n) is 10.5. The second kappa shape index (κ2) is 12.2. The summed E-state index contributed by atoms with van der Waals surface area (Å²) in [5, 5.41) is 0.671. The van der Waals surface area contributed by atoms with Crippen LogP contribution in [0.3, 0.4) is 0 Å². The number of nitrogens with zero attached hydrogens (tertiary/aromatic N) is 2. The van der Waals surface area contributed by atoms with Gasteiger partial charge in [0.25, 0.3) is 11.8 Å². The number of carbonyl (C=O) groups is 3. The molecule has 39 heavy (non-hydrogen) atoms. The van der Waals surface area contributed by atoms with Gasteiger partial charge in [0.05, 0.1) is 18.6 Å². The molecule has 2 aromatic rings. The van der Waals surface area contributed by atoms with E-state index in [1.807, 2.05) is 41.3 Å². The first-order valence-corrected chi connectivity index (χ1v) is 14.3. The molecule has 1 aliphatic carbocycles. The lowest BCUT2D eigenvalue weighted by Crippen LogP contribution is -2.54. The summed E-state index contributed by atoms with van der Waals surface area (Å²) in [6.45, 7) is 3.63. The maximum absolute atomic E-state index is 13.6. The number of morpholine rings is 1. The molecule has 0 radical (unpaired) electrons. The van der Waals surface area contributed by atoms with Crippen molar-refractivity contribution in [2.75, 3.05) is 19.7 Å². The molecule has 2 heterocycles. The molecule has 3 unspecified atom stereocenters. The summed E-state index contributed by atoms with van der Waals surface area (Å²) in [6, 6.07) is 14.9. The number of halogens is 1. The van der Waals surface area contributed by atoms with Crippen molar-refractivity contribution < 1.29 is 23.9 Å². The van der Waals surface area contributed by atoms with Crippen molar-refractivity contribution in [3.05, 3.63) is 76.0 Å². The van der Waals surface area contributed by atoms with E-state index >= 15 is 0 Å². The summed E-state index contributed by atoms with van der Waals surface area (Å²) < 4.78 is 11.4. The van der Waals surface area contributed by atoms with Gasteiger partial charge in [0.15, 0.2) is 5.76 Å². The Hall–Kier alpha value is -3.32. The third kappa shape index (κ3) is 6.30. The van der Waals surface area contributed by atoms with Gasteiger partial charge in [0.2, 0.25) is 0 Å². The van der Waals surface area contributed by atoms with Crippen LogP contribution in [0.15, 0.2) is 54.3 Å². The highest BCUT2D eigenvalue weighted by Crippen LogP contribution is 2.34. The Morgan fingerprint density at radius 2 is 1.77 bits per heavy atom. The normalized spacial score (nSPS) is 24.2. The van der Waals surface area contributed by atoms with Crippen molar-refractivity contribution in [2.45, 2.75) is 64.1 Å². The molecule has 7 nitrogen and oxygen atoms in total. The summed E-state index contributed by atoms with van der Waals surface area (Å²) in [5.74, 6) is -0.404. The van der Waals surface area contributed by atoms with Crippen molar-refractivity contribution in [3.63, 3.8) is 0 Å². The molecule has 0 N–H and O–H groups in total. The number of ether oxygens (including phenoxy) is 2. The van der Waals surface area contributed by atoms with Gasteiger partial charge < -0.3 is 19.3 Å². The monoisotopic (exact) mass is 550 g/mol. The average Bonchev–Trinajstić information content (AvgIpc) is 2.96. The van der Waals surface area contributed by atoms with E-state index in [-0.39, 0.29) is 35.8 Å². The second-order valence-corrected chi connectivity index (χ2v) is 11.0. The minimum Gasteiger partial charge on any atom is -0.482 e. The topological polar surface area (TPSA) is 76.2 Å². The maximum Gasteiger partial charge on any atom is 0.310 e. The van der Waals surface area contributed by atoms with Gasteiger partial charge in [-0.15, -0.1) is 0 Å². The summed E-state index contributed by atoms with van der Waals surface area (Å²) in [7, 11) is 0. The van der Waals surface area contributed by atoms with Crippen LogP contribution in [0.25, 0.3) is 6.08 Å². The molecule has 0 aromatic heterocycles. The Bertz CT molecular complexity index is 1230. The quantitative estimate of drug-likeness (QED) is 0.352. The summed E-state index contributed by atoms with van der Waals surface area (Å²) in [4.78, 5) is 42.6. The number of carbonyl (C=O) groups excluding carboxylic acids is 3. The van der Waals surface area contributed by atoms with Crippen molar-refractivity contribution in [3.8, 4) is 0 Å². The van der Waals surface area contributed by atoms with Gasteiger partial charge in [-0.1, -0.05) is 42.3 Å². The highest BCUT2D eigenvalue weighted by molar-refractivity contribution is 6.30. The summed E-state index contributed by atoms with van der Waals surface area (Å²) in [6.07, 6.45) is 7.27. The zero-order valence-corrected chi connectivity index (χ0v) is 23.1. The van der Waals surface area contributed by atoms with Crippen LogP contribution < -0.4 is 0 Å². The first-order valence-electron chi connectivity index (χ1n) is 13.9. The number of esters is 1. The molecule has 206 valence electrons. The van der Waals surface area contributed by atoms with Gasteiger partial charge in [-0.05, 0) is 80.5 Å². The van der Waals surface area contributed by atoms with Gasteiger partial charge in [-0.3, -0.25) is 14.4 Å². The Kier molecular flexibility index (Phi) is 8.56. The molecule has 2 aromatic carbocycles. The Labute approximate surface area is 234 Å². The van der Waals surface area contributed by atoms with E-state index in [2.05, 4.69) is 0 Å². The van der Waals surface area contributed by atoms with Crippen LogP contribution in [0.4, 0.5) is 0 Å². The van der Waals surface area contributed by atoms with Gasteiger partial charge >= 0.3 is 5.97 Å². The summed E-state index contributed by atoms with van der Waals surface area (Å²) in [5.41, 5.74) is 2.37. The number of fused-ring (bicyclic) bond motifs is 1. The lowest BCUT2D eigenvalue weighted by Gasteiger charge is -2.44. The lowest BCUT2D eigenvalue weighted by atomic mass is 9.89. The molecule has 2 aliphatic heterocycles. The standard InChI is InChI=1S/C31H35ClN2O5/c1-2-38-31(37)24-6-5-17-33(20-24)29(35)23-13-9-21(10-14-23)18-28-30(36)34(19-22-11-15-25(32)16-12-22)26-7-3-4-8-27(26)39-28/h9-16,18,24,26-27H,2-8,17,19-20H2,1H3/b28-18+. The Morgan fingerprint density at radius 3 is 2.51 bits per heavy atom. The van der Waals surface area contributed by atoms with E-state index < -0.39 is 0 Å². The van der Waals surface area contributed by atoms with E-state index in [4.69, 9.17) is 21.1 Å². The van der Waals surface area contributed by atoms with Crippen molar-refractivity contribution in [1.82, 2.24) is 9.80 Å². The molecule has 8 heteroatoms. The number of amides is 2. The van der Waals surface area contributed by atoms with E-state index in [0.717, 1.165) is 49.7 Å². The predicted molar refractivity (Wildman–Crippen MR) is 149 cm³/mol. The van der Waals surface area contributed by atoms with Crippen LogP contribution in [0, 0.1) is 5.92 Å². The van der Waals surface area contributed by atoms with Gasteiger partial charge in [0, 0.05) is 30.2 Å². The smallest absolute Gasteiger partial charge is 0.310 e. The molecule has 5 rings (SSSR count). The first kappa shape index (κ1) is 27.3. The van der Waals surface area contributed by atoms with Crippen molar-refractivity contribution in [2.24, 2.45) is 5.92 Å². The molecule has 0 spiro atoms. The highest BCUT2D eigenvalue weighted by Gasteiger charge is 2.41. The van der Waals surface area contributed by atoms with Gasteiger partial charge in [0.1, 0.15) is 6.10 Å².